The Balaban J connectivity index is 1.16. The van der Waals surface area contributed by atoms with Gasteiger partial charge in [-0.15, -0.1) is 0 Å². The topological polar surface area (TPSA) is 57.7 Å². The minimum Gasteiger partial charge on any atom is -0.496 e. The van der Waals surface area contributed by atoms with Crippen molar-refractivity contribution >= 4 is 43.4 Å². The van der Waals surface area contributed by atoms with Crippen LogP contribution < -0.4 is 15.0 Å². The molecule has 0 unspecified atom stereocenters. The summed E-state index contributed by atoms with van der Waals surface area (Å²) in [7, 11) is 1.61. The van der Waals surface area contributed by atoms with Crippen LogP contribution in [-0.4, -0.2) is 62.2 Å². The first-order chi connectivity index (χ1) is 16.5. The molecule has 7 heteroatoms. The Bertz CT molecular complexity index is 1300. The van der Waals surface area contributed by atoms with Gasteiger partial charge in [0.25, 0.3) is 5.91 Å². The third-order valence-electron chi connectivity index (χ3n) is 6.60. The molecular weight excluding hydrogens is 444 g/mol. The van der Waals surface area contributed by atoms with Crippen molar-refractivity contribution in [2.75, 3.05) is 51.3 Å². The van der Waals surface area contributed by atoms with Crippen LogP contribution in [0.15, 0.2) is 48.5 Å². The van der Waals surface area contributed by atoms with Gasteiger partial charge in [0.15, 0.2) is 5.13 Å². The molecular formula is C27H30N4O2S. The number of fused-ring (bicyclic) bond motifs is 2. The maximum absolute atomic E-state index is 12.9. The Morgan fingerprint density at radius 2 is 1.74 bits per heavy atom. The first kappa shape index (κ1) is 22.6. The number of thiazole rings is 1. The van der Waals surface area contributed by atoms with Gasteiger partial charge in [-0.1, -0.05) is 47.7 Å². The third-order valence-corrected chi connectivity index (χ3v) is 7.85. The number of piperazine rings is 1. The standard InChI is InChI=1S/C27H30N4O2S/c1-18-8-9-19(2)25-24(18)29-27(34-25)31-14-12-30(13-15-31)11-10-28-26(32)22-16-20-6-4-5-7-21(20)17-23(22)33-3/h4-9,16-17H,10-15H2,1-3H3,(H,28,32). The van der Waals surface area contributed by atoms with E-state index in [-0.39, 0.29) is 5.91 Å². The molecule has 2 heterocycles. The largest absolute Gasteiger partial charge is 0.496 e. The van der Waals surface area contributed by atoms with E-state index < -0.39 is 0 Å². The lowest BCUT2D eigenvalue weighted by atomic mass is 10.1. The monoisotopic (exact) mass is 474 g/mol. The highest BCUT2D eigenvalue weighted by Crippen LogP contribution is 2.33. The van der Waals surface area contributed by atoms with Crippen molar-refractivity contribution in [3.05, 3.63) is 65.2 Å². The van der Waals surface area contributed by atoms with Crippen LogP contribution in [0, 0.1) is 13.8 Å². The first-order valence-electron chi connectivity index (χ1n) is 11.7. The lowest BCUT2D eigenvalue weighted by Gasteiger charge is -2.34. The van der Waals surface area contributed by atoms with Gasteiger partial charge in [0.05, 0.1) is 22.9 Å². The molecule has 0 bridgehead atoms. The Morgan fingerprint density at radius 3 is 2.44 bits per heavy atom. The number of anilines is 1. The van der Waals surface area contributed by atoms with Crippen LogP contribution >= 0.6 is 11.3 Å². The maximum Gasteiger partial charge on any atom is 0.255 e. The zero-order valence-corrected chi connectivity index (χ0v) is 20.7. The second-order valence-corrected chi connectivity index (χ2v) is 9.84. The molecule has 1 aliphatic rings. The number of hydrogen-bond donors (Lipinski definition) is 1. The van der Waals surface area contributed by atoms with Crippen molar-refractivity contribution < 1.29 is 9.53 Å². The number of amides is 1. The van der Waals surface area contributed by atoms with Gasteiger partial charge in [0.2, 0.25) is 0 Å². The summed E-state index contributed by atoms with van der Waals surface area (Å²) in [6.07, 6.45) is 0. The van der Waals surface area contributed by atoms with Gasteiger partial charge in [-0.25, -0.2) is 4.98 Å². The van der Waals surface area contributed by atoms with Crippen molar-refractivity contribution in [1.29, 1.82) is 0 Å². The van der Waals surface area contributed by atoms with Gasteiger partial charge in [0.1, 0.15) is 5.75 Å². The number of aromatic nitrogens is 1. The number of benzene rings is 3. The molecule has 1 N–H and O–H groups in total. The van der Waals surface area contributed by atoms with Crippen LogP contribution in [0.25, 0.3) is 21.0 Å². The number of carbonyl (C=O) groups excluding carboxylic acids is 1. The van der Waals surface area contributed by atoms with Crippen molar-refractivity contribution in [1.82, 2.24) is 15.2 Å². The average Bonchev–Trinajstić information content (AvgIpc) is 3.33. The highest BCUT2D eigenvalue weighted by molar-refractivity contribution is 7.22. The number of nitrogens with zero attached hydrogens (tertiary/aromatic N) is 3. The molecule has 0 spiro atoms. The zero-order valence-electron chi connectivity index (χ0n) is 19.9. The van der Waals surface area contributed by atoms with Crippen LogP contribution in [0.2, 0.25) is 0 Å². The van der Waals surface area contributed by atoms with E-state index in [1.54, 1.807) is 18.4 Å². The van der Waals surface area contributed by atoms with Crippen LogP contribution in [0.1, 0.15) is 21.5 Å². The van der Waals surface area contributed by atoms with Crippen molar-refractivity contribution in [3.63, 3.8) is 0 Å². The van der Waals surface area contributed by atoms with Gasteiger partial charge >= 0.3 is 0 Å². The molecule has 1 aromatic heterocycles. The third kappa shape index (κ3) is 4.45. The number of rotatable bonds is 6. The number of methoxy groups -OCH3 is 1. The van der Waals surface area contributed by atoms with Gasteiger partial charge < -0.3 is 15.0 Å². The Kier molecular flexibility index (Phi) is 6.39. The second-order valence-electron chi connectivity index (χ2n) is 8.86. The Labute approximate surface area is 204 Å². The van der Waals surface area contributed by atoms with Crippen LogP contribution in [0.5, 0.6) is 5.75 Å². The Hall–Kier alpha value is -3.16. The smallest absolute Gasteiger partial charge is 0.255 e. The van der Waals surface area contributed by atoms with E-state index in [1.807, 2.05) is 36.4 Å². The van der Waals surface area contributed by atoms with Gasteiger partial charge in [0, 0.05) is 39.3 Å². The van der Waals surface area contributed by atoms with Crippen molar-refractivity contribution in [2.24, 2.45) is 0 Å². The minimum atomic E-state index is -0.0959. The van der Waals surface area contributed by atoms with E-state index in [0.29, 0.717) is 17.9 Å². The highest BCUT2D eigenvalue weighted by atomic mass is 32.1. The number of aryl methyl sites for hydroxylation is 2. The summed E-state index contributed by atoms with van der Waals surface area (Å²) >= 11 is 1.80. The molecule has 0 atom stereocenters. The van der Waals surface area contributed by atoms with Gasteiger partial charge in [-0.05, 0) is 47.9 Å². The van der Waals surface area contributed by atoms with Gasteiger partial charge in [-0.2, -0.15) is 0 Å². The molecule has 1 fully saturated rings. The van der Waals surface area contributed by atoms with E-state index in [4.69, 9.17) is 9.72 Å². The molecule has 0 radical (unpaired) electrons. The minimum absolute atomic E-state index is 0.0959. The lowest BCUT2D eigenvalue weighted by molar-refractivity contribution is 0.0945. The van der Waals surface area contributed by atoms with E-state index in [1.165, 1.54) is 15.8 Å². The molecule has 34 heavy (non-hydrogen) atoms. The van der Waals surface area contributed by atoms with Crippen molar-refractivity contribution in [3.8, 4) is 5.75 Å². The summed E-state index contributed by atoms with van der Waals surface area (Å²) in [5.41, 5.74) is 4.24. The predicted molar refractivity (Wildman–Crippen MR) is 141 cm³/mol. The zero-order chi connectivity index (χ0) is 23.7. The van der Waals surface area contributed by atoms with Crippen molar-refractivity contribution in [2.45, 2.75) is 13.8 Å². The maximum atomic E-state index is 12.9. The van der Waals surface area contributed by atoms with E-state index in [2.05, 4.69) is 41.1 Å². The number of carbonyl (C=O) groups is 1. The molecule has 3 aromatic carbocycles. The summed E-state index contributed by atoms with van der Waals surface area (Å²) in [6, 6.07) is 16.2. The SMILES string of the molecule is COc1cc2ccccc2cc1C(=O)NCCN1CCN(c2nc3c(C)ccc(C)c3s2)CC1. The molecule has 1 aliphatic heterocycles. The van der Waals surface area contributed by atoms with E-state index in [9.17, 15) is 4.79 Å². The summed E-state index contributed by atoms with van der Waals surface area (Å²) in [5, 5.41) is 6.28. The fourth-order valence-electron chi connectivity index (χ4n) is 4.53. The van der Waals surface area contributed by atoms with Gasteiger partial charge in [-0.3, -0.25) is 9.69 Å². The molecule has 176 valence electrons. The van der Waals surface area contributed by atoms with E-state index >= 15 is 0 Å². The summed E-state index contributed by atoms with van der Waals surface area (Å²) < 4.78 is 6.78. The van der Waals surface area contributed by atoms with Crippen LogP contribution in [0.4, 0.5) is 5.13 Å². The molecule has 5 rings (SSSR count). The molecule has 0 saturated carbocycles. The fraction of sp³-hybridized carbons (Fsp3) is 0.333. The molecule has 1 amide bonds. The Morgan fingerprint density at radius 1 is 1.03 bits per heavy atom. The second kappa shape index (κ2) is 9.60. The van der Waals surface area contributed by atoms with Crippen LogP contribution in [-0.2, 0) is 0 Å². The first-order valence-corrected chi connectivity index (χ1v) is 12.5. The van der Waals surface area contributed by atoms with E-state index in [0.717, 1.165) is 54.1 Å². The number of hydrogen-bond acceptors (Lipinski definition) is 6. The molecule has 6 nitrogen and oxygen atoms in total. The summed E-state index contributed by atoms with van der Waals surface area (Å²) in [6.45, 7) is 9.54. The number of ether oxygens (including phenoxy) is 1. The normalized spacial score (nSPS) is 14.6. The number of nitrogens with one attached hydrogen (secondary N) is 1. The summed E-state index contributed by atoms with van der Waals surface area (Å²) in [4.78, 5) is 22.6. The molecule has 4 aromatic rings. The average molecular weight is 475 g/mol. The fourth-order valence-corrected chi connectivity index (χ4v) is 5.70. The highest BCUT2D eigenvalue weighted by Gasteiger charge is 2.21. The van der Waals surface area contributed by atoms with Crippen LogP contribution in [0.3, 0.4) is 0 Å². The lowest BCUT2D eigenvalue weighted by Crippen LogP contribution is -2.48. The molecule has 0 aliphatic carbocycles. The quantitative estimate of drug-likeness (QED) is 0.442. The summed E-state index contributed by atoms with van der Waals surface area (Å²) in [5.74, 6) is 0.507. The molecule has 1 saturated heterocycles. The predicted octanol–water partition coefficient (Wildman–Crippen LogP) is 4.63.